The van der Waals surface area contributed by atoms with Gasteiger partial charge in [0.2, 0.25) is 5.91 Å². The molecule has 78 valence electrons. The zero-order valence-electron chi connectivity index (χ0n) is 8.52. The zero-order chi connectivity index (χ0) is 10.3. The van der Waals surface area contributed by atoms with Gasteiger partial charge in [-0.25, -0.2) is 0 Å². The van der Waals surface area contributed by atoms with Crippen molar-refractivity contribution < 1.29 is 9.53 Å². The Hall–Kier alpha value is -0.280. The molecule has 0 bridgehead atoms. The maximum Gasteiger partial charge on any atom is 0.226 e. The van der Waals surface area contributed by atoms with Crippen LogP contribution in [0.15, 0.2) is 0 Å². The van der Waals surface area contributed by atoms with Crippen LogP contribution in [0.1, 0.15) is 20.3 Å². The van der Waals surface area contributed by atoms with Crippen molar-refractivity contribution in [2.45, 2.75) is 20.3 Å². The number of halogens is 1. The Morgan fingerprint density at radius 2 is 2.15 bits per heavy atom. The highest BCUT2D eigenvalue weighted by Gasteiger charge is 2.25. The van der Waals surface area contributed by atoms with E-state index in [0.717, 1.165) is 6.42 Å². The van der Waals surface area contributed by atoms with Gasteiger partial charge in [-0.15, -0.1) is 11.6 Å². The largest absolute Gasteiger partial charge is 0.385 e. The lowest BCUT2D eigenvalue weighted by Crippen LogP contribution is -2.38. The Balaban J connectivity index is 3.62. The maximum absolute atomic E-state index is 11.4. The molecule has 0 unspecified atom stereocenters. The number of ether oxygens (including phenoxy) is 1. The smallest absolute Gasteiger partial charge is 0.226 e. The summed E-state index contributed by atoms with van der Waals surface area (Å²) in [5, 5.41) is 2.81. The quantitative estimate of drug-likeness (QED) is 0.528. The van der Waals surface area contributed by atoms with Crippen LogP contribution in [0, 0.1) is 5.41 Å². The van der Waals surface area contributed by atoms with Crippen molar-refractivity contribution in [3.8, 4) is 0 Å². The second kappa shape index (κ2) is 6.22. The van der Waals surface area contributed by atoms with E-state index in [-0.39, 0.29) is 5.91 Å². The summed E-state index contributed by atoms with van der Waals surface area (Å²) in [6.45, 7) is 4.96. The highest BCUT2D eigenvalue weighted by molar-refractivity contribution is 6.19. The minimum atomic E-state index is -0.478. The minimum absolute atomic E-state index is 0.00129. The SMILES string of the molecule is COCCCNC(=O)C(C)(C)CCl. The van der Waals surface area contributed by atoms with Gasteiger partial charge in [0.25, 0.3) is 0 Å². The number of hydrogen-bond acceptors (Lipinski definition) is 2. The number of alkyl halides is 1. The van der Waals surface area contributed by atoms with Crippen LogP contribution in [0.5, 0.6) is 0 Å². The average molecular weight is 208 g/mol. The summed E-state index contributed by atoms with van der Waals surface area (Å²) < 4.78 is 4.86. The molecule has 0 saturated heterocycles. The predicted molar refractivity (Wildman–Crippen MR) is 54.0 cm³/mol. The molecule has 1 amide bonds. The first-order chi connectivity index (χ1) is 6.04. The Kier molecular flexibility index (Phi) is 6.08. The van der Waals surface area contributed by atoms with Crippen LogP contribution in [0.2, 0.25) is 0 Å². The lowest BCUT2D eigenvalue weighted by Gasteiger charge is -2.20. The number of methoxy groups -OCH3 is 1. The Morgan fingerprint density at radius 1 is 1.54 bits per heavy atom. The highest BCUT2D eigenvalue weighted by Crippen LogP contribution is 2.16. The van der Waals surface area contributed by atoms with Gasteiger partial charge in [0.15, 0.2) is 0 Å². The Morgan fingerprint density at radius 3 is 2.62 bits per heavy atom. The number of carbonyl (C=O) groups excluding carboxylic acids is 1. The van der Waals surface area contributed by atoms with Crippen molar-refractivity contribution in [2.24, 2.45) is 5.41 Å². The van der Waals surface area contributed by atoms with Crippen LogP contribution < -0.4 is 5.32 Å². The third-order valence-electron chi connectivity index (χ3n) is 1.76. The normalized spacial score (nSPS) is 11.4. The minimum Gasteiger partial charge on any atom is -0.385 e. The van der Waals surface area contributed by atoms with Crippen molar-refractivity contribution >= 4 is 17.5 Å². The van der Waals surface area contributed by atoms with E-state index in [1.54, 1.807) is 7.11 Å². The lowest BCUT2D eigenvalue weighted by atomic mass is 9.95. The van der Waals surface area contributed by atoms with Crippen LogP contribution in [0.3, 0.4) is 0 Å². The van der Waals surface area contributed by atoms with Crippen molar-refractivity contribution in [3.05, 3.63) is 0 Å². The van der Waals surface area contributed by atoms with Crippen LogP contribution in [-0.4, -0.2) is 32.0 Å². The molecule has 0 rings (SSSR count). The fraction of sp³-hybridized carbons (Fsp3) is 0.889. The molecule has 4 heteroatoms. The van der Waals surface area contributed by atoms with Crippen LogP contribution in [0.4, 0.5) is 0 Å². The molecule has 0 heterocycles. The predicted octanol–water partition coefficient (Wildman–Crippen LogP) is 1.40. The summed E-state index contributed by atoms with van der Waals surface area (Å²) in [4.78, 5) is 11.4. The standard InChI is InChI=1S/C9H18ClNO2/c1-9(2,7-10)8(12)11-5-4-6-13-3/h4-7H2,1-3H3,(H,11,12). The molecule has 13 heavy (non-hydrogen) atoms. The molecule has 0 aliphatic heterocycles. The highest BCUT2D eigenvalue weighted by atomic mass is 35.5. The van der Waals surface area contributed by atoms with E-state index >= 15 is 0 Å². The van der Waals surface area contributed by atoms with Gasteiger partial charge in [-0.05, 0) is 20.3 Å². The van der Waals surface area contributed by atoms with E-state index in [4.69, 9.17) is 16.3 Å². The molecule has 0 aromatic heterocycles. The van der Waals surface area contributed by atoms with Gasteiger partial charge in [0.05, 0.1) is 5.41 Å². The van der Waals surface area contributed by atoms with E-state index in [9.17, 15) is 4.79 Å². The van der Waals surface area contributed by atoms with Crippen molar-refractivity contribution in [1.29, 1.82) is 0 Å². The van der Waals surface area contributed by atoms with Gasteiger partial charge in [-0.3, -0.25) is 4.79 Å². The molecule has 3 nitrogen and oxygen atoms in total. The van der Waals surface area contributed by atoms with E-state index in [1.165, 1.54) is 0 Å². The van der Waals surface area contributed by atoms with Gasteiger partial charge in [-0.1, -0.05) is 0 Å². The first-order valence-corrected chi connectivity index (χ1v) is 4.91. The molecule has 0 radical (unpaired) electrons. The number of hydrogen-bond donors (Lipinski definition) is 1. The van der Waals surface area contributed by atoms with Gasteiger partial charge < -0.3 is 10.1 Å². The molecule has 0 aliphatic carbocycles. The van der Waals surface area contributed by atoms with Gasteiger partial charge in [0, 0.05) is 26.1 Å². The van der Waals surface area contributed by atoms with Crippen LogP contribution in [0.25, 0.3) is 0 Å². The van der Waals surface area contributed by atoms with Gasteiger partial charge >= 0.3 is 0 Å². The fourth-order valence-corrected chi connectivity index (χ4v) is 0.840. The van der Waals surface area contributed by atoms with Crippen LogP contribution in [-0.2, 0) is 9.53 Å². The third kappa shape index (κ3) is 5.11. The maximum atomic E-state index is 11.4. The van der Waals surface area contributed by atoms with Crippen molar-refractivity contribution in [2.75, 3.05) is 26.1 Å². The number of carbonyl (C=O) groups is 1. The van der Waals surface area contributed by atoms with Gasteiger partial charge in [-0.2, -0.15) is 0 Å². The topological polar surface area (TPSA) is 38.3 Å². The fourth-order valence-electron chi connectivity index (χ4n) is 0.718. The van der Waals surface area contributed by atoms with E-state index in [1.807, 2.05) is 13.8 Å². The van der Waals surface area contributed by atoms with Crippen molar-refractivity contribution in [1.82, 2.24) is 5.32 Å². The Bertz CT molecular complexity index is 160. The molecule has 0 fully saturated rings. The summed E-state index contributed by atoms with van der Waals surface area (Å²) in [5.74, 6) is 0.335. The molecule has 0 aromatic carbocycles. The van der Waals surface area contributed by atoms with Gasteiger partial charge in [0.1, 0.15) is 0 Å². The molecule has 1 N–H and O–H groups in total. The van der Waals surface area contributed by atoms with E-state index < -0.39 is 5.41 Å². The number of nitrogens with one attached hydrogen (secondary N) is 1. The molecule has 0 spiro atoms. The zero-order valence-corrected chi connectivity index (χ0v) is 9.28. The first kappa shape index (κ1) is 12.7. The monoisotopic (exact) mass is 207 g/mol. The Labute approximate surface area is 84.8 Å². The second-order valence-electron chi connectivity index (χ2n) is 3.62. The summed E-state index contributed by atoms with van der Waals surface area (Å²) in [5.41, 5.74) is -0.478. The number of rotatable bonds is 6. The molecule has 0 aliphatic rings. The summed E-state index contributed by atoms with van der Waals surface area (Å²) in [6, 6.07) is 0. The molecule has 0 atom stereocenters. The first-order valence-electron chi connectivity index (χ1n) is 4.38. The van der Waals surface area contributed by atoms with E-state index in [0.29, 0.717) is 19.0 Å². The third-order valence-corrected chi connectivity index (χ3v) is 2.43. The summed E-state index contributed by atoms with van der Waals surface area (Å²) in [6.07, 6.45) is 0.834. The molecule has 0 aromatic rings. The second-order valence-corrected chi connectivity index (χ2v) is 3.89. The van der Waals surface area contributed by atoms with Crippen molar-refractivity contribution in [3.63, 3.8) is 0 Å². The molecular formula is C9H18ClNO2. The van der Waals surface area contributed by atoms with E-state index in [2.05, 4.69) is 5.32 Å². The molecule has 0 saturated carbocycles. The molecular weight excluding hydrogens is 190 g/mol. The average Bonchev–Trinajstić information content (AvgIpc) is 2.12. The summed E-state index contributed by atoms with van der Waals surface area (Å²) in [7, 11) is 1.64. The lowest BCUT2D eigenvalue weighted by molar-refractivity contribution is -0.128. The summed E-state index contributed by atoms with van der Waals surface area (Å²) >= 11 is 5.64. The van der Waals surface area contributed by atoms with Crippen LogP contribution >= 0.6 is 11.6 Å². The number of amides is 1.